The third-order valence-corrected chi connectivity index (χ3v) is 1.38. The van der Waals surface area contributed by atoms with Gasteiger partial charge in [0.05, 0.1) is 0 Å². The molecule has 0 bridgehead atoms. The molecule has 2 amide bonds. The minimum Gasteiger partial charge on any atom is -0.385 e. The Labute approximate surface area is 77.6 Å². The molecule has 0 saturated carbocycles. The van der Waals surface area contributed by atoms with Crippen molar-refractivity contribution in [3.05, 3.63) is 0 Å². The van der Waals surface area contributed by atoms with E-state index in [1.807, 2.05) is 0 Å². The van der Waals surface area contributed by atoms with Crippen LogP contribution < -0.4 is 10.6 Å². The molecule has 0 unspecified atom stereocenters. The number of rotatable bonds is 6. The van der Waals surface area contributed by atoms with E-state index in [2.05, 4.69) is 10.6 Å². The Kier molecular flexibility index (Phi) is 8.27. The number of hydrogen-bond acceptors (Lipinski definition) is 2. The fourth-order valence-electron chi connectivity index (χ4n) is 0.642. The molecule has 0 radical (unpaired) electrons. The van der Waals surface area contributed by atoms with Crippen LogP contribution in [0.4, 0.5) is 4.79 Å². The summed E-state index contributed by atoms with van der Waals surface area (Å²) in [6.07, 6.45) is 0.824. The van der Waals surface area contributed by atoms with Gasteiger partial charge in [-0.2, -0.15) is 0 Å². The van der Waals surface area contributed by atoms with Crippen LogP contribution >= 0.6 is 11.6 Å². The van der Waals surface area contributed by atoms with E-state index in [4.69, 9.17) is 16.3 Å². The molecule has 72 valence electrons. The van der Waals surface area contributed by atoms with Crippen molar-refractivity contribution >= 4 is 17.6 Å². The van der Waals surface area contributed by atoms with Gasteiger partial charge in [0, 0.05) is 32.7 Å². The molecule has 0 aliphatic carbocycles. The second-order valence-corrected chi connectivity index (χ2v) is 2.60. The average molecular weight is 195 g/mol. The van der Waals surface area contributed by atoms with Crippen LogP contribution in [0.2, 0.25) is 0 Å². The van der Waals surface area contributed by atoms with Gasteiger partial charge in [0.15, 0.2) is 0 Å². The molecule has 0 spiro atoms. The molecule has 0 aliphatic rings. The first-order valence-electron chi connectivity index (χ1n) is 3.88. The summed E-state index contributed by atoms with van der Waals surface area (Å²) in [4.78, 5) is 10.8. The summed E-state index contributed by atoms with van der Waals surface area (Å²) in [6, 6.07) is -0.174. The summed E-state index contributed by atoms with van der Waals surface area (Å²) in [5.74, 6) is 0.436. The number of ether oxygens (including phenoxy) is 1. The predicted molar refractivity (Wildman–Crippen MR) is 48.6 cm³/mol. The smallest absolute Gasteiger partial charge is 0.314 e. The molecule has 0 aliphatic heterocycles. The zero-order valence-electron chi connectivity index (χ0n) is 7.23. The van der Waals surface area contributed by atoms with Crippen LogP contribution in [0.25, 0.3) is 0 Å². The zero-order valence-corrected chi connectivity index (χ0v) is 7.99. The Hall–Kier alpha value is -0.480. The number of urea groups is 1. The normalized spacial score (nSPS) is 9.50. The van der Waals surface area contributed by atoms with Crippen LogP contribution in [0, 0.1) is 0 Å². The van der Waals surface area contributed by atoms with E-state index in [1.54, 1.807) is 7.11 Å². The van der Waals surface area contributed by atoms with E-state index >= 15 is 0 Å². The highest BCUT2D eigenvalue weighted by Gasteiger charge is 1.96. The van der Waals surface area contributed by atoms with Gasteiger partial charge in [0.1, 0.15) is 0 Å². The maximum absolute atomic E-state index is 10.8. The molecule has 0 rings (SSSR count). The molecule has 0 aromatic carbocycles. The number of halogens is 1. The molecule has 0 fully saturated rings. The van der Waals surface area contributed by atoms with E-state index in [0.29, 0.717) is 25.6 Å². The first-order chi connectivity index (χ1) is 5.81. The summed E-state index contributed by atoms with van der Waals surface area (Å²) < 4.78 is 4.81. The standard InChI is InChI=1S/C7H15ClN2O2/c1-12-6-2-4-9-7(11)10-5-3-8/h2-6H2,1H3,(H2,9,10,11). The lowest BCUT2D eigenvalue weighted by Gasteiger charge is -2.05. The minimum atomic E-state index is -0.174. The number of methoxy groups -OCH3 is 1. The van der Waals surface area contributed by atoms with Crippen molar-refractivity contribution in [2.24, 2.45) is 0 Å². The van der Waals surface area contributed by atoms with Crippen molar-refractivity contribution in [2.45, 2.75) is 6.42 Å². The van der Waals surface area contributed by atoms with Gasteiger partial charge in [0.2, 0.25) is 0 Å². The summed E-state index contributed by atoms with van der Waals surface area (Å²) in [5, 5.41) is 5.25. The van der Waals surface area contributed by atoms with Crippen LogP contribution in [-0.2, 0) is 4.74 Å². The summed E-state index contributed by atoms with van der Waals surface area (Å²) in [5.41, 5.74) is 0. The number of hydrogen-bond donors (Lipinski definition) is 2. The van der Waals surface area contributed by atoms with Gasteiger partial charge < -0.3 is 15.4 Å². The SMILES string of the molecule is COCCCNC(=O)NCCCl. The Balaban J connectivity index is 3.08. The number of carbonyl (C=O) groups is 1. The average Bonchev–Trinajstić information content (AvgIpc) is 2.09. The van der Waals surface area contributed by atoms with E-state index in [1.165, 1.54) is 0 Å². The molecular formula is C7H15ClN2O2. The van der Waals surface area contributed by atoms with Crippen molar-refractivity contribution in [3.8, 4) is 0 Å². The number of carbonyl (C=O) groups excluding carboxylic acids is 1. The highest BCUT2D eigenvalue weighted by molar-refractivity contribution is 6.18. The third kappa shape index (κ3) is 7.63. The molecule has 0 saturated heterocycles. The maximum atomic E-state index is 10.8. The van der Waals surface area contributed by atoms with Gasteiger partial charge in [-0.05, 0) is 6.42 Å². The Bertz CT molecular complexity index is 122. The quantitative estimate of drug-likeness (QED) is 0.480. The first kappa shape index (κ1) is 11.5. The lowest BCUT2D eigenvalue weighted by Crippen LogP contribution is -2.37. The molecule has 12 heavy (non-hydrogen) atoms. The maximum Gasteiger partial charge on any atom is 0.314 e. The van der Waals surface area contributed by atoms with Crippen molar-refractivity contribution in [2.75, 3.05) is 32.7 Å². The topological polar surface area (TPSA) is 50.4 Å². The molecule has 0 heterocycles. The molecule has 0 atom stereocenters. The Morgan fingerprint density at radius 3 is 2.67 bits per heavy atom. The van der Waals surface area contributed by atoms with Crippen LogP contribution in [0.5, 0.6) is 0 Å². The van der Waals surface area contributed by atoms with Gasteiger partial charge in [-0.3, -0.25) is 0 Å². The van der Waals surface area contributed by atoms with Gasteiger partial charge in [0.25, 0.3) is 0 Å². The second kappa shape index (κ2) is 8.62. The molecular weight excluding hydrogens is 180 g/mol. The number of nitrogens with one attached hydrogen (secondary N) is 2. The van der Waals surface area contributed by atoms with E-state index in [0.717, 1.165) is 6.42 Å². The highest BCUT2D eigenvalue weighted by Crippen LogP contribution is 1.77. The van der Waals surface area contributed by atoms with Crippen LogP contribution in [-0.4, -0.2) is 38.7 Å². The second-order valence-electron chi connectivity index (χ2n) is 2.22. The molecule has 5 heteroatoms. The third-order valence-electron chi connectivity index (χ3n) is 1.19. The van der Waals surface area contributed by atoms with E-state index in [-0.39, 0.29) is 6.03 Å². The van der Waals surface area contributed by atoms with Crippen LogP contribution in [0.1, 0.15) is 6.42 Å². The number of alkyl halides is 1. The van der Waals surface area contributed by atoms with Gasteiger partial charge in [-0.1, -0.05) is 0 Å². The lowest BCUT2D eigenvalue weighted by atomic mass is 10.4. The fourth-order valence-corrected chi connectivity index (χ4v) is 0.736. The monoisotopic (exact) mass is 194 g/mol. The van der Waals surface area contributed by atoms with E-state index in [9.17, 15) is 4.79 Å². The Morgan fingerprint density at radius 1 is 1.42 bits per heavy atom. The highest BCUT2D eigenvalue weighted by atomic mass is 35.5. The van der Waals surface area contributed by atoms with Crippen molar-refractivity contribution in [1.29, 1.82) is 0 Å². The van der Waals surface area contributed by atoms with Gasteiger partial charge >= 0.3 is 6.03 Å². The summed E-state index contributed by atoms with van der Waals surface area (Å²) in [7, 11) is 1.63. The first-order valence-corrected chi connectivity index (χ1v) is 4.41. The predicted octanol–water partition coefficient (Wildman–Crippen LogP) is 0.561. The zero-order chi connectivity index (χ0) is 9.23. The van der Waals surface area contributed by atoms with Gasteiger partial charge in [-0.15, -0.1) is 11.6 Å². The Morgan fingerprint density at radius 2 is 2.08 bits per heavy atom. The largest absolute Gasteiger partial charge is 0.385 e. The minimum absolute atomic E-state index is 0.174. The van der Waals surface area contributed by atoms with Crippen LogP contribution in [0.15, 0.2) is 0 Å². The summed E-state index contributed by atoms with van der Waals surface area (Å²) >= 11 is 5.37. The van der Waals surface area contributed by atoms with Crippen molar-refractivity contribution in [3.63, 3.8) is 0 Å². The van der Waals surface area contributed by atoms with E-state index < -0.39 is 0 Å². The lowest BCUT2D eigenvalue weighted by molar-refractivity contribution is 0.193. The molecule has 0 aromatic heterocycles. The molecule has 4 nitrogen and oxygen atoms in total. The van der Waals surface area contributed by atoms with Gasteiger partial charge in [-0.25, -0.2) is 4.79 Å². The summed E-state index contributed by atoms with van der Waals surface area (Å²) in [6.45, 7) is 1.79. The molecule has 2 N–H and O–H groups in total. The fraction of sp³-hybridized carbons (Fsp3) is 0.857. The van der Waals surface area contributed by atoms with Crippen molar-refractivity contribution in [1.82, 2.24) is 10.6 Å². The van der Waals surface area contributed by atoms with Crippen LogP contribution in [0.3, 0.4) is 0 Å². The molecule has 0 aromatic rings. The number of amides is 2. The van der Waals surface area contributed by atoms with Crippen molar-refractivity contribution < 1.29 is 9.53 Å².